The number of carboxylic acid groups (broad SMARTS) is 1. The minimum atomic E-state index is -1.01. The minimum absolute atomic E-state index is 0.0704. The normalized spacial score (nSPS) is 24.6. The van der Waals surface area contributed by atoms with E-state index in [1.165, 1.54) is 25.7 Å². The number of nitrogens with zero attached hydrogens (tertiary/aromatic N) is 3. The zero-order valence-corrected chi connectivity index (χ0v) is 11.8. The van der Waals surface area contributed by atoms with Gasteiger partial charge in [0.2, 0.25) is 0 Å². The van der Waals surface area contributed by atoms with Crippen molar-refractivity contribution < 1.29 is 14.6 Å². The predicted molar refractivity (Wildman–Crippen MR) is 71.7 cm³/mol. The van der Waals surface area contributed by atoms with Crippen molar-refractivity contribution in [3.63, 3.8) is 0 Å². The van der Waals surface area contributed by atoms with Gasteiger partial charge in [-0.25, -0.2) is 9.48 Å². The van der Waals surface area contributed by atoms with Crippen LogP contribution in [0.5, 0.6) is 0 Å². The van der Waals surface area contributed by atoms with Gasteiger partial charge in [-0.1, -0.05) is 25.0 Å². The zero-order valence-electron chi connectivity index (χ0n) is 11.8. The first-order valence-corrected chi connectivity index (χ1v) is 7.47. The summed E-state index contributed by atoms with van der Waals surface area (Å²) in [4.78, 5) is 11.1. The third kappa shape index (κ3) is 2.32. The van der Waals surface area contributed by atoms with Crippen LogP contribution in [0.15, 0.2) is 0 Å². The second-order valence-corrected chi connectivity index (χ2v) is 5.89. The van der Waals surface area contributed by atoms with E-state index in [1.807, 2.05) is 6.92 Å². The van der Waals surface area contributed by atoms with Crippen molar-refractivity contribution in [2.45, 2.75) is 70.1 Å². The molecule has 3 rings (SSSR count). The Balaban J connectivity index is 1.71. The lowest BCUT2D eigenvalue weighted by Gasteiger charge is -2.23. The van der Waals surface area contributed by atoms with Crippen molar-refractivity contribution in [2.75, 3.05) is 0 Å². The van der Waals surface area contributed by atoms with Gasteiger partial charge in [0.25, 0.3) is 0 Å². The van der Waals surface area contributed by atoms with E-state index in [1.54, 1.807) is 4.68 Å². The van der Waals surface area contributed by atoms with Gasteiger partial charge in [-0.15, -0.1) is 5.10 Å². The molecule has 110 valence electrons. The van der Waals surface area contributed by atoms with Crippen LogP contribution in [-0.4, -0.2) is 37.8 Å². The zero-order chi connectivity index (χ0) is 14.2. The molecular formula is C14H21N3O3. The molecule has 0 aromatic carbocycles. The summed E-state index contributed by atoms with van der Waals surface area (Å²) in [7, 11) is 0. The molecule has 1 atom stereocenters. The highest BCUT2D eigenvalue weighted by molar-refractivity contribution is 5.86. The van der Waals surface area contributed by atoms with Gasteiger partial charge < -0.3 is 9.84 Å². The summed E-state index contributed by atoms with van der Waals surface area (Å²) in [5.74, 6) is -1.01. The molecule has 0 bridgehead atoms. The van der Waals surface area contributed by atoms with Crippen LogP contribution >= 0.6 is 0 Å². The molecule has 1 aliphatic heterocycles. The Bertz CT molecular complexity index is 506. The van der Waals surface area contributed by atoms with Gasteiger partial charge in [-0.05, 0) is 32.1 Å². The molecule has 1 saturated heterocycles. The molecule has 1 unspecified atom stereocenters. The van der Waals surface area contributed by atoms with Crippen molar-refractivity contribution in [3.05, 3.63) is 11.4 Å². The van der Waals surface area contributed by atoms with Gasteiger partial charge in [0, 0.05) is 0 Å². The Morgan fingerprint density at radius 2 is 2.20 bits per heavy atom. The van der Waals surface area contributed by atoms with Gasteiger partial charge in [0.15, 0.2) is 5.69 Å². The molecule has 2 aliphatic rings. The van der Waals surface area contributed by atoms with Crippen molar-refractivity contribution in [3.8, 4) is 0 Å². The predicted octanol–water partition coefficient (Wildman–Crippen LogP) is 2.03. The quantitative estimate of drug-likeness (QED) is 0.912. The molecule has 1 N–H and O–H groups in total. The summed E-state index contributed by atoms with van der Waals surface area (Å²) in [6.45, 7) is 2.54. The van der Waals surface area contributed by atoms with Crippen LogP contribution in [0.3, 0.4) is 0 Å². The van der Waals surface area contributed by atoms with Gasteiger partial charge in [0.1, 0.15) is 0 Å². The Labute approximate surface area is 118 Å². The maximum Gasteiger partial charge on any atom is 0.358 e. The summed E-state index contributed by atoms with van der Waals surface area (Å²) >= 11 is 0. The first-order chi connectivity index (χ1) is 9.63. The standard InChI is InChI=1S/C14H21N3O3/c1-2-11-12(13(18)19)15-16-17(11)9-10-5-8-14(20-10)6-3-4-7-14/h10H,2-9H2,1H3,(H,18,19). The number of carboxylic acids is 1. The van der Waals surface area contributed by atoms with Crippen LogP contribution in [0.25, 0.3) is 0 Å². The van der Waals surface area contributed by atoms with Crippen molar-refractivity contribution >= 4 is 5.97 Å². The maximum atomic E-state index is 11.1. The topological polar surface area (TPSA) is 77.2 Å². The Morgan fingerprint density at radius 1 is 1.45 bits per heavy atom. The van der Waals surface area contributed by atoms with E-state index in [0.717, 1.165) is 12.8 Å². The number of hydrogen-bond donors (Lipinski definition) is 1. The molecule has 0 radical (unpaired) electrons. The van der Waals surface area contributed by atoms with E-state index in [4.69, 9.17) is 9.84 Å². The molecular weight excluding hydrogens is 258 g/mol. The lowest BCUT2D eigenvalue weighted by molar-refractivity contribution is -0.0433. The van der Waals surface area contributed by atoms with Crippen molar-refractivity contribution in [1.82, 2.24) is 15.0 Å². The van der Waals surface area contributed by atoms with E-state index in [9.17, 15) is 4.79 Å². The molecule has 0 amide bonds. The fourth-order valence-electron chi connectivity index (χ4n) is 3.60. The molecule has 6 heteroatoms. The summed E-state index contributed by atoms with van der Waals surface area (Å²) in [5.41, 5.74) is 0.863. The summed E-state index contributed by atoms with van der Waals surface area (Å²) in [6.07, 6.45) is 7.78. The van der Waals surface area contributed by atoms with Crippen LogP contribution < -0.4 is 0 Å². The molecule has 1 aromatic heterocycles. The minimum Gasteiger partial charge on any atom is -0.476 e. The number of ether oxygens (including phenoxy) is 1. The fourth-order valence-corrected chi connectivity index (χ4v) is 3.60. The molecule has 20 heavy (non-hydrogen) atoms. The van der Waals surface area contributed by atoms with Crippen molar-refractivity contribution in [1.29, 1.82) is 0 Å². The lowest BCUT2D eigenvalue weighted by Crippen LogP contribution is -2.27. The first kappa shape index (κ1) is 13.5. The number of hydrogen-bond acceptors (Lipinski definition) is 4. The van der Waals surface area contributed by atoms with Crippen LogP contribution in [0.4, 0.5) is 0 Å². The van der Waals surface area contributed by atoms with E-state index >= 15 is 0 Å². The van der Waals surface area contributed by atoms with Crippen LogP contribution in [-0.2, 0) is 17.7 Å². The first-order valence-electron chi connectivity index (χ1n) is 7.47. The molecule has 6 nitrogen and oxygen atoms in total. The molecule has 2 heterocycles. The van der Waals surface area contributed by atoms with Gasteiger partial charge in [-0.3, -0.25) is 0 Å². The summed E-state index contributed by atoms with van der Waals surface area (Å²) < 4.78 is 7.96. The van der Waals surface area contributed by atoms with E-state index in [0.29, 0.717) is 18.7 Å². The smallest absolute Gasteiger partial charge is 0.358 e. The van der Waals surface area contributed by atoms with Crippen molar-refractivity contribution in [2.24, 2.45) is 0 Å². The lowest BCUT2D eigenvalue weighted by atomic mass is 9.98. The van der Waals surface area contributed by atoms with Crippen LogP contribution in [0, 0.1) is 0 Å². The maximum absolute atomic E-state index is 11.1. The van der Waals surface area contributed by atoms with Crippen LogP contribution in [0.1, 0.15) is 61.6 Å². The number of aromatic nitrogens is 3. The molecule has 1 aliphatic carbocycles. The number of carbonyl (C=O) groups is 1. The SMILES string of the molecule is CCc1c(C(=O)O)nnn1CC1CCC2(CCCC2)O1. The molecule has 1 spiro atoms. The third-order valence-corrected chi connectivity index (χ3v) is 4.61. The van der Waals surface area contributed by atoms with E-state index in [2.05, 4.69) is 10.3 Å². The molecule has 1 aromatic rings. The average molecular weight is 279 g/mol. The van der Waals surface area contributed by atoms with E-state index in [-0.39, 0.29) is 17.4 Å². The number of rotatable bonds is 4. The van der Waals surface area contributed by atoms with Crippen LogP contribution in [0.2, 0.25) is 0 Å². The number of aromatic carboxylic acids is 1. The van der Waals surface area contributed by atoms with Gasteiger partial charge >= 0.3 is 5.97 Å². The highest BCUT2D eigenvalue weighted by Crippen LogP contribution is 2.43. The fraction of sp³-hybridized carbons (Fsp3) is 0.786. The highest BCUT2D eigenvalue weighted by Gasteiger charge is 2.42. The summed E-state index contributed by atoms with van der Waals surface area (Å²) in [5, 5.41) is 16.9. The largest absolute Gasteiger partial charge is 0.476 e. The Morgan fingerprint density at radius 3 is 2.85 bits per heavy atom. The average Bonchev–Trinajstić information content (AvgIpc) is 3.12. The highest BCUT2D eigenvalue weighted by atomic mass is 16.5. The third-order valence-electron chi connectivity index (χ3n) is 4.61. The monoisotopic (exact) mass is 279 g/mol. The molecule has 1 saturated carbocycles. The Kier molecular flexibility index (Phi) is 3.50. The summed E-state index contributed by atoms with van der Waals surface area (Å²) in [6, 6.07) is 0. The van der Waals surface area contributed by atoms with E-state index < -0.39 is 5.97 Å². The van der Waals surface area contributed by atoms with Gasteiger partial charge in [-0.2, -0.15) is 0 Å². The Hall–Kier alpha value is -1.43. The van der Waals surface area contributed by atoms with Gasteiger partial charge in [0.05, 0.1) is 23.9 Å². The second kappa shape index (κ2) is 5.16. The second-order valence-electron chi connectivity index (χ2n) is 5.89. The molecule has 2 fully saturated rings.